The molecule has 0 aliphatic heterocycles. The molecule has 1 fully saturated rings. The van der Waals surface area contributed by atoms with Crippen LogP contribution >= 0.6 is 0 Å². The fourth-order valence-electron chi connectivity index (χ4n) is 2.54. The van der Waals surface area contributed by atoms with Crippen molar-refractivity contribution in [3.63, 3.8) is 0 Å². The molecule has 3 heteroatoms. The molecule has 1 rings (SSSR count). The minimum atomic E-state index is -0.668. The van der Waals surface area contributed by atoms with E-state index in [-0.39, 0.29) is 0 Å². The predicted octanol–water partition coefficient (Wildman–Crippen LogP) is 1.63. The largest absolute Gasteiger partial charge is 0.480 e. The van der Waals surface area contributed by atoms with Gasteiger partial charge in [0.15, 0.2) is 0 Å². The highest BCUT2D eigenvalue weighted by Gasteiger charge is 2.47. The minimum Gasteiger partial charge on any atom is -0.480 e. The number of nitrogens with one attached hydrogen (secondary N) is 1. The van der Waals surface area contributed by atoms with Crippen molar-refractivity contribution < 1.29 is 9.90 Å². The third-order valence-corrected chi connectivity index (χ3v) is 3.19. The number of hydrogen-bond donors (Lipinski definition) is 2. The molecule has 0 saturated heterocycles. The van der Waals surface area contributed by atoms with Gasteiger partial charge >= 0.3 is 5.97 Å². The average Bonchev–Trinajstić information content (AvgIpc) is 2.49. The molecule has 13 heavy (non-hydrogen) atoms. The normalized spacial score (nSPS) is 33.5. The van der Waals surface area contributed by atoms with Crippen LogP contribution in [0, 0.1) is 5.92 Å². The third kappa shape index (κ3) is 1.70. The summed E-state index contributed by atoms with van der Waals surface area (Å²) in [5, 5.41) is 12.4. The number of carbonyl (C=O) groups is 1. The highest BCUT2D eigenvalue weighted by molar-refractivity contribution is 5.79. The lowest BCUT2D eigenvalue weighted by atomic mass is 9.85. The zero-order valence-electron chi connectivity index (χ0n) is 8.47. The molecule has 76 valence electrons. The van der Waals surface area contributed by atoms with Gasteiger partial charge in [-0.25, -0.2) is 0 Å². The number of hydrogen-bond acceptors (Lipinski definition) is 2. The van der Waals surface area contributed by atoms with Crippen molar-refractivity contribution in [1.29, 1.82) is 0 Å². The Morgan fingerprint density at radius 2 is 2.31 bits per heavy atom. The van der Waals surface area contributed by atoms with Gasteiger partial charge in [0.1, 0.15) is 5.54 Å². The topological polar surface area (TPSA) is 49.3 Å². The summed E-state index contributed by atoms with van der Waals surface area (Å²) in [5.41, 5.74) is -0.622. The van der Waals surface area contributed by atoms with Gasteiger partial charge in [-0.15, -0.1) is 0 Å². The SMILES string of the molecule is CCNC1(C(=O)O)CCCC1CC. The van der Waals surface area contributed by atoms with E-state index in [0.29, 0.717) is 5.92 Å². The van der Waals surface area contributed by atoms with Gasteiger partial charge in [0.05, 0.1) is 0 Å². The van der Waals surface area contributed by atoms with Crippen molar-refractivity contribution in [2.24, 2.45) is 5.92 Å². The summed E-state index contributed by atoms with van der Waals surface area (Å²) in [5.74, 6) is -0.358. The molecular formula is C10H19NO2. The zero-order valence-corrected chi connectivity index (χ0v) is 8.47. The Labute approximate surface area is 79.5 Å². The summed E-state index contributed by atoms with van der Waals surface area (Å²) in [4.78, 5) is 11.2. The van der Waals surface area contributed by atoms with Gasteiger partial charge < -0.3 is 10.4 Å². The summed E-state index contributed by atoms with van der Waals surface area (Å²) in [6.45, 7) is 4.78. The summed E-state index contributed by atoms with van der Waals surface area (Å²) in [7, 11) is 0. The molecule has 2 N–H and O–H groups in total. The van der Waals surface area contributed by atoms with E-state index < -0.39 is 11.5 Å². The van der Waals surface area contributed by atoms with Gasteiger partial charge in [0, 0.05) is 0 Å². The summed E-state index contributed by atoms with van der Waals surface area (Å²) >= 11 is 0. The highest BCUT2D eigenvalue weighted by atomic mass is 16.4. The van der Waals surface area contributed by atoms with Crippen molar-refractivity contribution in [3.05, 3.63) is 0 Å². The molecule has 0 bridgehead atoms. The molecule has 3 nitrogen and oxygen atoms in total. The quantitative estimate of drug-likeness (QED) is 0.700. The monoisotopic (exact) mass is 185 g/mol. The standard InChI is InChI=1S/C10H19NO2/c1-3-8-6-5-7-10(8,9(12)13)11-4-2/h8,11H,3-7H2,1-2H3,(H,12,13). The van der Waals surface area contributed by atoms with Gasteiger partial charge in [-0.1, -0.05) is 26.7 Å². The Morgan fingerprint density at radius 3 is 2.77 bits per heavy atom. The number of aliphatic carboxylic acids is 1. The lowest BCUT2D eigenvalue weighted by Gasteiger charge is -2.31. The Kier molecular flexibility index (Phi) is 3.31. The first-order valence-corrected chi connectivity index (χ1v) is 5.15. The van der Waals surface area contributed by atoms with E-state index in [4.69, 9.17) is 0 Å². The smallest absolute Gasteiger partial charge is 0.324 e. The maximum absolute atomic E-state index is 11.2. The first-order valence-electron chi connectivity index (χ1n) is 5.15. The van der Waals surface area contributed by atoms with Crippen LogP contribution in [-0.2, 0) is 4.79 Å². The molecule has 1 saturated carbocycles. The second-order valence-electron chi connectivity index (χ2n) is 3.80. The number of rotatable bonds is 4. The van der Waals surface area contributed by atoms with E-state index >= 15 is 0 Å². The third-order valence-electron chi connectivity index (χ3n) is 3.19. The van der Waals surface area contributed by atoms with Crippen LogP contribution in [0.15, 0.2) is 0 Å². The molecule has 0 amide bonds. The lowest BCUT2D eigenvalue weighted by molar-refractivity contribution is -0.146. The summed E-state index contributed by atoms with van der Waals surface area (Å²) < 4.78 is 0. The Morgan fingerprint density at radius 1 is 1.62 bits per heavy atom. The fourth-order valence-corrected chi connectivity index (χ4v) is 2.54. The van der Waals surface area contributed by atoms with Gasteiger partial charge in [-0.05, 0) is 25.3 Å². The van der Waals surface area contributed by atoms with E-state index in [9.17, 15) is 9.90 Å². The Bertz CT molecular complexity index is 193. The van der Waals surface area contributed by atoms with Gasteiger partial charge in [0.2, 0.25) is 0 Å². The summed E-state index contributed by atoms with van der Waals surface area (Å²) in [6, 6.07) is 0. The van der Waals surface area contributed by atoms with E-state index in [2.05, 4.69) is 12.2 Å². The average molecular weight is 185 g/mol. The van der Waals surface area contributed by atoms with Crippen LogP contribution < -0.4 is 5.32 Å². The molecule has 1 aliphatic rings. The number of likely N-dealkylation sites (N-methyl/N-ethyl adjacent to an activating group) is 1. The summed E-state index contributed by atoms with van der Waals surface area (Å²) in [6.07, 6.45) is 3.83. The van der Waals surface area contributed by atoms with Gasteiger partial charge in [-0.3, -0.25) is 4.79 Å². The van der Waals surface area contributed by atoms with Crippen LogP contribution in [-0.4, -0.2) is 23.2 Å². The van der Waals surface area contributed by atoms with E-state index in [0.717, 1.165) is 32.2 Å². The second kappa shape index (κ2) is 4.09. The number of carboxylic acids is 1. The minimum absolute atomic E-state index is 0.310. The molecule has 0 aromatic rings. The Hall–Kier alpha value is -0.570. The van der Waals surface area contributed by atoms with Crippen LogP contribution in [0.2, 0.25) is 0 Å². The first-order chi connectivity index (χ1) is 6.17. The van der Waals surface area contributed by atoms with Crippen molar-refractivity contribution in [3.8, 4) is 0 Å². The molecule has 0 heterocycles. The maximum atomic E-state index is 11.2. The van der Waals surface area contributed by atoms with Crippen molar-refractivity contribution in [2.45, 2.75) is 45.1 Å². The Balaban J connectivity index is 2.81. The molecule has 2 atom stereocenters. The molecule has 1 aliphatic carbocycles. The van der Waals surface area contributed by atoms with Crippen LogP contribution in [0.5, 0.6) is 0 Å². The van der Waals surface area contributed by atoms with Crippen LogP contribution in [0.25, 0.3) is 0 Å². The first kappa shape index (κ1) is 10.5. The predicted molar refractivity (Wildman–Crippen MR) is 51.7 cm³/mol. The molecule has 0 spiro atoms. The maximum Gasteiger partial charge on any atom is 0.324 e. The van der Waals surface area contributed by atoms with Gasteiger partial charge in [-0.2, -0.15) is 0 Å². The molecule has 2 unspecified atom stereocenters. The van der Waals surface area contributed by atoms with Crippen LogP contribution in [0.3, 0.4) is 0 Å². The van der Waals surface area contributed by atoms with E-state index in [1.807, 2.05) is 6.92 Å². The number of carboxylic acid groups (broad SMARTS) is 1. The zero-order chi connectivity index (χ0) is 9.90. The molecule has 0 radical (unpaired) electrons. The van der Waals surface area contributed by atoms with Crippen molar-refractivity contribution in [1.82, 2.24) is 5.32 Å². The van der Waals surface area contributed by atoms with E-state index in [1.54, 1.807) is 0 Å². The highest BCUT2D eigenvalue weighted by Crippen LogP contribution is 2.37. The molecule has 0 aromatic heterocycles. The van der Waals surface area contributed by atoms with Gasteiger partial charge in [0.25, 0.3) is 0 Å². The fraction of sp³-hybridized carbons (Fsp3) is 0.900. The van der Waals surface area contributed by atoms with Crippen molar-refractivity contribution >= 4 is 5.97 Å². The van der Waals surface area contributed by atoms with E-state index in [1.165, 1.54) is 0 Å². The lowest BCUT2D eigenvalue weighted by Crippen LogP contribution is -2.54. The van der Waals surface area contributed by atoms with Crippen molar-refractivity contribution in [2.75, 3.05) is 6.54 Å². The van der Waals surface area contributed by atoms with Crippen LogP contribution in [0.1, 0.15) is 39.5 Å². The second-order valence-corrected chi connectivity index (χ2v) is 3.80. The molecule has 0 aromatic carbocycles. The molecular weight excluding hydrogens is 166 g/mol. The van der Waals surface area contributed by atoms with Crippen LogP contribution in [0.4, 0.5) is 0 Å².